The summed E-state index contributed by atoms with van der Waals surface area (Å²) in [5.74, 6) is 0.302. The van der Waals surface area contributed by atoms with Gasteiger partial charge in [0.1, 0.15) is 5.75 Å². The van der Waals surface area contributed by atoms with Crippen molar-refractivity contribution in [2.24, 2.45) is 0 Å². The number of rotatable bonds is 1. The lowest BCUT2D eigenvalue weighted by atomic mass is 9.98. The summed E-state index contributed by atoms with van der Waals surface area (Å²) >= 11 is 0. The van der Waals surface area contributed by atoms with Crippen molar-refractivity contribution < 1.29 is 9.90 Å². The van der Waals surface area contributed by atoms with Crippen LogP contribution in [0.15, 0.2) is 48.5 Å². The second-order valence-corrected chi connectivity index (χ2v) is 4.46. The smallest absolute Gasteiger partial charge is 0.182 e. The SMILES string of the molecule is O=C1CN(c2ccccc2)Cc2cc(O)ccc21. The van der Waals surface area contributed by atoms with E-state index < -0.39 is 0 Å². The maximum absolute atomic E-state index is 12.1. The van der Waals surface area contributed by atoms with Gasteiger partial charge in [-0.05, 0) is 35.9 Å². The van der Waals surface area contributed by atoms with Crippen molar-refractivity contribution in [2.75, 3.05) is 11.4 Å². The number of anilines is 1. The summed E-state index contributed by atoms with van der Waals surface area (Å²) in [6.45, 7) is 1.04. The Morgan fingerprint density at radius 2 is 1.78 bits per heavy atom. The number of phenolic OH excluding ortho intramolecular Hbond substituents is 1. The molecule has 0 saturated carbocycles. The molecule has 3 nitrogen and oxygen atoms in total. The first-order valence-corrected chi connectivity index (χ1v) is 5.89. The molecule has 18 heavy (non-hydrogen) atoms. The molecule has 0 amide bonds. The first-order valence-electron chi connectivity index (χ1n) is 5.89. The zero-order valence-electron chi connectivity index (χ0n) is 9.84. The van der Waals surface area contributed by atoms with Gasteiger partial charge < -0.3 is 10.0 Å². The van der Waals surface area contributed by atoms with Crippen molar-refractivity contribution in [3.05, 3.63) is 59.7 Å². The molecule has 1 heterocycles. The highest BCUT2D eigenvalue weighted by atomic mass is 16.3. The lowest BCUT2D eigenvalue weighted by Crippen LogP contribution is -2.34. The van der Waals surface area contributed by atoms with Crippen LogP contribution in [0.4, 0.5) is 5.69 Å². The second kappa shape index (κ2) is 4.18. The summed E-state index contributed by atoms with van der Waals surface area (Å²) < 4.78 is 0. The fourth-order valence-corrected chi connectivity index (χ4v) is 2.32. The second-order valence-electron chi connectivity index (χ2n) is 4.46. The van der Waals surface area contributed by atoms with Crippen LogP contribution in [0.1, 0.15) is 15.9 Å². The maximum atomic E-state index is 12.1. The standard InChI is InChI=1S/C15H13NO2/c17-13-6-7-14-11(8-13)9-16(10-15(14)18)12-4-2-1-3-5-12/h1-8,17H,9-10H2. The summed E-state index contributed by atoms with van der Waals surface area (Å²) in [5, 5.41) is 9.50. The minimum Gasteiger partial charge on any atom is -0.508 e. The average molecular weight is 239 g/mol. The number of phenols is 1. The summed E-state index contributed by atoms with van der Waals surface area (Å²) in [4.78, 5) is 14.1. The molecular weight excluding hydrogens is 226 g/mol. The highest BCUT2D eigenvalue weighted by Gasteiger charge is 2.23. The number of fused-ring (bicyclic) bond motifs is 1. The number of nitrogens with zero attached hydrogens (tertiary/aromatic N) is 1. The van der Waals surface area contributed by atoms with E-state index in [0.29, 0.717) is 13.1 Å². The van der Waals surface area contributed by atoms with Crippen molar-refractivity contribution >= 4 is 11.5 Å². The van der Waals surface area contributed by atoms with Crippen LogP contribution in [0.5, 0.6) is 5.75 Å². The van der Waals surface area contributed by atoms with Crippen molar-refractivity contribution in [3.8, 4) is 5.75 Å². The van der Waals surface area contributed by atoms with Crippen molar-refractivity contribution in [2.45, 2.75) is 6.54 Å². The molecule has 0 fully saturated rings. The van der Waals surface area contributed by atoms with Gasteiger partial charge in [-0.3, -0.25) is 4.79 Å². The molecule has 0 unspecified atom stereocenters. The van der Waals surface area contributed by atoms with Gasteiger partial charge in [-0.25, -0.2) is 0 Å². The summed E-state index contributed by atoms with van der Waals surface area (Å²) in [7, 11) is 0. The van der Waals surface area contributed by atoms with Crippen LogP contribution in [0.25, 0.3) is 0 Å². The number of hydrogen-bond acceptors (Lipinski definition) is 3. The van der Waals surface area contributed by atoms with E-state index in [4.69, 9.17) is 0 Å². The van der Waals surface area contributed by atoms with Crippen LogP contribution in [0, 0.1) is 0 Å². The maximum Gasteiger partial charge on any atom is 0.182 e. The van der Waals surface area contributed by atoms with E-state index >= 15 is 0 Å². The number of carbonyl (C=O) groups excluding carboxylic acids is 1. The average Bonchev–Trinajstić information content (AvgIpc) is 2.39. The molecule has 1 aliphatic heterocycles. The van der Waals surface area contributed by atoms with Gasteiger partial charge in [0.05, 0.1) is 6.54 Å². The van der Waals surface area contributed by atoms with E-state index in [0.717, 1.165) is 16.8 Å². The van der Waals surface area contributed by atoms with Crippen LogP contribution in [0.3, 0.4) is 0 Å². The zero-order chi connectivity index (χ0) is 12.5. The normalized spacial score (nSPS) is 14.4. The van der Waals surface area contributed by atoms with E-state index in [9.17, 15) is 9.90 Å². The molecule has 1 N–H and O–H groups in total. The molecule has 0 atom stereocenters. The number of aromatic hydroxyl groups is 1. The van der Waals surface area contributed by atoms with Crippen LogP contribution in [-0.4, -0.2) is 17.4 Å². The number of benzene rings is 2. The molecule has 3 rings (SSSR count). The minimum absolute atomic E-state index is 0.0973. The quantitative estimate of drug-likeness (QED) is 0.831. The first-order chi connectivity index (χ1) is 8.74. The number of ketones is 1. The van der Waals surface area contributed by atoms with Gasteiger partial charge in [0.15, 0.2) is 5.78 Å². The fourth-order valence-electron chi connectivity index (χ4n) is 2.32. The number of hydrogen-bond donors (Lipinski definition) is 1. The predicted octanol–water partition coefficient (Wildman–Crippen LogP) is 2.60. The molecular formula is C15H13NO2. The molecule has 3 heteroatoms. The van der Waals surface area contributed by atoms with Crippen LogP contribution >= 0.6 is 0 Å². The lowest BCUT2D eigenvalue weighted by molar-refractivity contribution is 0.0992. The number of para-hydroxylation sites is 1. The van der Waals surface area contributed by atoms with Crippen LogP contribution < -0.4 is 4.90 Å². The van der Waals surface area contributed by atoms with Gasteiger partial charge in [0.25, 0.3) is 0 Å². The Kier molecular flexibility index (Phi) is 2.52. The molecule has 0 radical (unpaired) electrons. The molecule has 90 valence electrons. The Hall–Kier alpha value is -2.29. The van der Waals surface area contributed by atoms with Gasteiger partial charge in [0, 0.05) is 17.8 Å². The highest BCUT2D eigenvalue weighted by Crippen LogP contribution is 2.26. The summed E-state index contributed by atoms with van der Waals surface area (Å²) in [6, 6.07) is 14.8. The van der Waals surface area contributed by atoms with Crippen LogP contribution in [-0.2, 0) is 6.54 Å². The molecule has 0 saturated heterocycles. The van der Waals surface area contributed by atoms with Gasteiger partial charge >= 0.3 is 0 Å². The molecule has 1 aliphatic rings. The van der Waals surface area contributed by atoms with E-state index in [-0.39, 0.29) is 11.5 Å². The predicted molar refractivity (Wildman–Crippen MR) is 69.9 cm³/mol. The molecule has 0 bridgehead atoms. The summed E-state index contributed by atoms with van der Waals surface area (Å²) in [6.07, 6.45) is 0. The molecule has 0 aliphatic carbocycles. The highest BCUT2D eigenvalue weighted by molar-refractivity contribution is 6.02. The van der Waals surface area contributed by atoms with Gasteiger partial charge in [-0.1, -0.05) is 18.2 Å². The van der Waals surface area contributed by atoms with Crippen molar-refractivity contribution in [1.82, 2.24) is 0 Å². The van der Waals surface area contributed by atoms with E-state index in [2.05, 4.69) is 0 Å². The van der Waals surface area contributed by atoms with Gasteiger partial charge in [0.2, 0.25) is 0 Å². The lowest BCUT2D eigenvalue weighted by Gasteiger charge is -2.29. The molecule has 0 aromatic heterocycles. The monoisotopic (exact) mass is 239 g/mol. The van der Waals surface area contributed by atoms with Crippen molar-refractivity contribution in [3.63, 3.8) is 0 Å². The molecule has 0 spiro atoms. The third kappa shape index (κ3) is 1.84. The van der Waals surface area contributed by atoms with E-state index in [1.165, 1.54) is 0 Å². The topological polar surface area (TPSA) is 40.5 Å². The van der Waals surface area contributed by atoms with Gasteiger partial charge in [-0.2, -0.15) is 0 Å². The zero-order valence-corrected chi connectivity index (χ0v) is 9.84. The Bertz CT molecular complexity index is 593. The Balaban J connectivity index is 1.98. The van der Waals surface area contributed by atoms with E-state index in [1.807, 2.05) is 35.2 Å². The fraction of sp³-hybridized carbons (Fsp3) is 0.133. The largest absolute Gasteiger partial charge is 0.508 e. The molecule has 2 aromatic rings. The van der Waals surface area contributed by atoms with Gasteiger partial charge in [-0.15, -0.1) is 0 Å². The minimum atomic E-state index is 0.0973. The Morgan fingerprint density at radius 3 is 2.56 bits per heavy atom. The number of carbonyl (C=O) groups is 1. The Labute approximate surface area is 105 Å². The van der Waals surface area contributed by atoms with Crippen LogP contribution in [0.2, 0.25) is 0 Å². The van der Waals surface area contributed by atoms with E-state index in [1.54, 1.807) is 18.2 Å². The third-order valence-corrected chi connectivity index (χ3v) is 3.21. The van der Waals surface area contributed by atoms with Crippen molar-refractivity contribution in [1.29, 1.82) is 0 Å². The Morgan fingerprint density at radius 1 is 1.00 bits per heavy atom. The summed E-state index contributed by atoms with van der Waals surface area (Å²) in [5.41, 5.74) is 2.63. The number of Topliss-reactive ketones (excluding diaryl/α,β-unsaturated/α-hetero) is 1. The first kappa shape index (κ1) is 10.8. The third-order valence-electron chi connectivity index (χ3n) is 3.21. The molecule has 2 aromatic carbocycles.